The normalized spacial score (nSPS) is 23.7. The molecule has 37 heavy (non-hydrogen) atoms. The van der Waals surface area contributed by atoms with E-state index in [9.17, 15) is 50.1 Å². The molecule has 0 unspecified atom stereocenters. The molecule has 0 heterocycles. The van der Waals surface area contributed by atoms with Crippen molar-refractivity contribution in [2.24, 2.45) is 0 Å². The van der Waals surface area contributed by atoms with Crippen LogP contribution in [0.3, 0.4) is 0 Å². The van der Waals surface area contributed by atoms with Crippen LogP contribution in [-0.2, 0) is 23.9 Å². The molecule has 0 amide bonds. The minimum Gasteiger partial charge on any atom is -0.504 e. The van der Waals surface area contributed by atoms with E-state index in [4.69, 9.17) is 9.47 Å². The number of carboxylic acids is 1. The average Bonchev–Trinajstić information content (AvgIpc) is 2.82. The number of aliphatic hydroxyl groups is 2. The molecule has 7 N–H and O–H groups in total. The molecule has 0 spiro atoms. The maximum Gasteiger partial charge on any atom is 0.335 e. The standard InChI is InChI=1S/C25H24O12/c26-15-5-1-13(9-17(15)28)3-7-21(31)36-20-12-25(35,24(33)34)11-19(30)23(20)37-22(32)8-4-14-2-6-16(27)18(29)10-14/h1-10,19-20,23,26-30,35H,11-12H2,(H,33,34)/t19-,20+,23+,25-/m0/s1. The van der Waals surface area contributed by atoms with Crippen molar-refractivity contribution >= 4 is 30.1 Å². The highest BCUT2D eigenvalue weighted by Gasteiger charge is 2.52. The lowest BCUT2D eigenvalue weighted by Crippen LogP contribution is -2.58. The van der Waals surface area contributed by atoms with E-state index in [1.54, 1.807) is 0 Å². The summed E-state index contributed by atoms with van der Waals surface area (Å²) in [5, 5.41) is 68.0. The van der Waals surface area contributed by atoms with Crippen molar-refractivity contribution in [1.82, 2.24) is 0 Å². The molecule has 12 nitrogen and oxygen atoms in total. The number of phenolic OH excluding ortho intramolecular Hbond substituents is 4. The molecule has 0 aliphatic heterocycles. The van der Waals surface area contributed by atoms with Gasteiger partial charge >= 0.3 is 17.9 Å². The van der Waals surface area contributed by atoms with Crippen molar-refractivity contribution in [2.75, 3.05) is 0 Å². The summed E-state index contributed by atoms with van der Waals surface area (Å²) in [4.78, 5) is 36.3. The summed E-state index contributed by atoms with van der Waals surface area (Å²) >= 11 is 0. The van der Waals surface area contributed by atoms with Gasteiger partial charge in [0.2, 0.25) is 0 Å². The van der Waals surface area contributed by atoms with Crippen molar-refractivity contribution in [2.45, 2.75) is 36.8 Å². The zero-order chi connectivity index (χ0) is 27.3. The van der Waals surface area contributed by atoms with Gasteiger partial charge in [-0.3, -0.25) is 0 Å². The third-order valence-corrected chi connectivity index (χ3v) is 5.57. The molecule has 0 bridgehead atoms. The maximum atomic E-state index is 12.4. The number of aliphatic hydroxyl groups excluding tert-OH is 1. The Bertz CT molecular complexity index is 1250. The van der Waals surface area contributed by atoms with Crippen LogP contribution in [0.15, 0.2) is 48.6 Å². The zero-order valence-corrected chi connectivity index (χ0v) is 19.1. The first-order valence-electron chi connectivity index (χ1n) is 10.8. The summed E-state index contributed by atoms with van der Waals surface area (Å²) in [5.41, 5.74) is -1.82. The van der Waals surface area contributed by atoms with Gasteiger partial charge in [-0.1, -0.05) is 12.1 Å². The van der Waals surface area contributed by atoms with Crippen LogP contribution < -0.4 is 0 Å². The Morgan fingerprint density at radius 2 is 1.27 bits per heavy atom. The number of benzene rings is 2. The molecule has 1 aliphatic rings. The lowest BCUT2D eigenvalue weighted by Gasteiger charge is -2.40. The SMILES string of the molecule is O=C(C=Cc1ccc(O)c(O)c1)O[C@@H]1[C@@H](O)C[C@@](O)(C(=O)O)C[C@H]1OC(=O)C=Cc1ccc(O)c(O)c1. The van der Waals surface area contributed by atoms with E-state index in [-0.39, 0.29) is 11.5 Å². The minimum atomic E-state index is -2.46. The summed E-state index contributed by atoms with van der Waals surface area (Å²) < 4.78 is 10.4. The maximum absolute atomic E-state index is 12.4. The van der Waals surface area contributed by atoms with Crippen LogP contribution in [0, 0.1) is 0 Å². The second-order valence-electron chi connectivity index (χ2n) is 8.35. The number of esters is 2. The van der Waals surface area contributed by atoms with Gasteiger partial charge in [-0.05, 0) is 47.5 Å². The third-order valence-electron chi connectivity index (χ3n) is 5.57. The minimum absolute atomic E-state index is 0.311. The number of carboxylic acid groups (broad SMARTS) is 1. The number of carbonyl (C=O) groups excluding carboxylic acids is 2. The summed E-state index contributed by atoms with van der Waals surface area (Å²) in [5.74, 6) is -5.29. The highest BCUT2D eigenvalue weighted by molar-refractivity contribution is 5.88. The van der Waals surface area contributed by atoms with E-state index in [1.807, 2.05) is 0 Å². The fourth-order valence-corrected chi connectivity index (χ4v) is 3.66. The first-order chi connectivity index (χ1) is 17.4. The fraction of sp³-hybridized carbons (Fsp3) is 0.240. The molecule has 2 aromatic rings. The molecule has 0 aromatic heterocycles. The van der Waals surface area contributed by atoms with Crippen molar-refractivity contribution in [3.8, 4) is 23.0 Å². The summed E-state index contributed by atoms with van der Waals surface area (Å²) in [7, 11) is 0. The lowest BCUT2D eigenvalue weighted by molar-refractivity contribution is -0.204. The monoisotopic (exact) mass is 516 g/mol. The number of phenols is 4. The van der Waals surface area contributed by atoms with Gasteiger partial charge in [-0.25, -0.2) is 14.4 Å². The second kappa shape index (κ2) is 11.0. The van der Waals surface area contributed by atoms with Crippen LogP contribution in [0.25, 0.3) is 12.2 Å². The smallest absolute Gasteiger partial charge is 0.335 e. The van der Waals surface area contributed by atoms with Gasteiger partial charge in [0.1, 0.15) is 6.10 Å². The quantitative estimate of drug-likeness (QED) is 0.156. The highest BCUT2D eigenvalue weighted by atomic mass is 16.6. The zero-order valence-electron chi connectivity index (χ0n) is 19.1. The van der Waals surface area contributed by atoms with E-state index in [2.05, 4.69) is 0 Å². The van der Waals surface area contributed by atoms with Gasteiger partial charge in [0.05, 0.1) is 6.10 Å². The van der Waals surface area contributed by atoms with E-state index in [1.165, 1.54) is 42.5 Å². The predicted octanol–water partition coefficient (Wildman–Crippen LogP) is 1.03. The third kappa shape index (κ3) is 6.78. The highest BCUT2D eigenvalue weighted by Crippen LogP contribution is 2.33. The van der Waals surface area contributed by atoms with Gasteiger partial charge in [0.25, 0.3) is 0 Å². The summed E-state index contributed by atoms with van der Waals surface area (Å²) in [6, 6.07) is 7.50. The number of ether oxygens (including phenoxy) is 2. The average molecular weight is 516 g/mol. The van der Waals surface area contributed by atoms with Crippen LogP contribution in [0.5, 0.6) is 23.0 Å². The van der Waals surface area contributed by atoms with E-state index < -0.39 is 66.2 Å². The number of rotatable bonds is 7. The van der Waals surface area contributed by atoms with Crippen LogP contribution in [0.2, 0.25) is 0 Å². The number of aliphatic carboxylic acids is 1. The topological polar surface area (TPSA) is 211 Å². The Hall–Kier alpha value is -4.55. The van der Waals surface area contributed by atoms with Crippen LogP contribution in [0.1, 0.15) is 24.0 Å². The number of carbonyl (C=O) groups is 3. The van der Waals surface area contributed by atoms with Crippen molar-refractivity contribution < 1.29 is 59.6 Å². The molecule has 3 rings (SSSR count). The Balaban J connectivity index is 1.75. The molecule has 1 aliphatic carbocycles. The van der Waals surface area contributed by atoms with Gasteiger partial charge < -0.3 is 45.2 Å². The molecule has 196 valence electrons. The molecule has 12 heteroatoms. The lowest BCUT2D eigenvalue weighted by atomic mass is 9.79. The van der Waals surface area contributed by atoms with E-state index >= 15 is 0 Å². The van der Waals surface area contributed by atoms with Crippen LogP contribution >= 0.6 is 0 Å². The van der Waals surface area contributed by atoms with Crippen LogP contribution in [-0.4, -0.2) is 77.6 Å². The number of hydrogen-bond donors (Lipinski definition) is 7. The van der Waals surface area contributed by atoms with Gasteiger partial charge in [0.15, 0.2) is 34.7 Å². The van der Waals surface area contributed by atoms with Crippen molar-refractivity contribution in [3.05, 3.63) is 59.7 Å². The van der Waals surface area contributed by atoms with Crippen molar-refractivity contribution in [3.63, 3.8) is 0 Å². The van der Waals surface area contributed by atoms with Gasteiger partial charge in [0, 0.05) is 25.0 Å². The molecule has 1 saturated carbocycles. The first kappa shape index (κ1) is 27.0. The summed E-state index contributed by atoms with van der Waals surface area (Å²) in [6.07, 6.45) is -1.86. The van der Waals surface area contributed by atoms with Crippen molar-refractivity contribution in [1.29, 1.82) is 0 Å². The van der Waals surface area contributed by atoms with E-state index in [0.29, 0.717) is 11.1 Å². The molecular formula is C25H24O12. The van der Waals surface area contributed by atoms with Gasteiger partial charge in [-0.15, -0.1) is 0 Å². The van der Waals surface area contributed by atoms with Crippen LogP contribution in [0.4, 0.5) is 0 Å². The Morgan fingerprint density at radius 1 is 0.784 bits per heavy atom. The molecular weight excluding hydrogens is 492 g/mol. The number of hydrogen-bond acceptors (Lipinski definition) is 11. The molecule has 1 fully saturated rings. The van der Waals surface area contributed by atoms with Gasteiger partial charge in [-0.2, -0.15) is 0 Å². The van der Waals surface area contributed by atoms with E-state index in [0.717, 1.165) is 18.2 Å². The predicted molar refractivity (Wildman–Crippen MR) is 125 cm³/mol. The second-order valence-corrected chi connectivity index (χ2v) is 8.35. The Morgan fingerprint density at radius 3 is 1.73 bits per heavy atom. The first-order valence-corrected chi connectivity index (χ1v) is 10.8. The molecule has 0 radical (unpaired) electrons. The molecule has 0 saturated heterocycles. The fourth-order valence-electron chi connectivity index (χ4n) is 3.66. The Kier molecular flexibility index (Phi) is 8.05. The number of aromatic hydroxyl groups is 4. The Labute approximate surface area is 209 Å². The summed E-state index contributed by atoms with van der Waals surface area (Å²) in [6.45, 7) is 0. The largest absolute Gasteiger partial charge is 0.504 e. The molecule has 2 aromatic carbocycles. The molecule has 4 atom stereocenters.